The zero-order valence-electron chi connectivity index (χ0n) is 26.8. The fraction of sp³-hybridized carbons (Fsp3) is 0.829. The van der Waals surface area contributed by atoms with Gasteiger partial charge in [0, 0.05) is 31.3 Å². The van der Waals surface area contributed by atoms with Crippen LogP contribution < -0.4 is 16.0 Å². The Morgan fingerprint density at radius 2 is 1.88 bits per heavy atom. The number of hydrogen-bond acceptors (Lipinski definition) is 6. The van der Waals surface area contributed by atoms with Crippen molar-refractivity contribution in [3.05, 3.63) is 23.9 Å². The number of piperidine rings is 1. The third kappa shape index (κ3) is 11.4. The molecule has 0 aromatic heterocycles. The van der Waals surface area contributed by atoms with E-state index in [1.165, 1.54) is 51.4 Å². The SMILES string of the molecule is CCOC1CC(C)(C/C=C\C(C#N)=C\NC2CCC(OCC3CCCCN3)C(Cl)C2)CCC1NC(=O)CC1CCCCC1. The predicted octanol–water partition coefficient (Wildman–Crippen LogP) is 6.67. The highest BCUT2D eigenvalue weighted by Gasteiger charge is 2.38. The summed E-state index contributed by atoms with van der Waals surface area (Å²) in [6.07, 6.45) is 23.1. The van der Waals surface area contributed by atoms with Crippen molar-refractivity contribution in [3.63, 3.8) is 0 Å². The van der Waals surface area contributed by atoms with E-state index < -0.39 is 0 Å². The van der Waals surface area contributed by atoms with Crippen LogP contribution in [-0.4, -0.2) is 61.4 Å². The number of ether oxygens (including phenoxy) is 2. The molecule has 7 nitrogen and oxygen atoms in total. The quantitative estimate of drug-likeness (QED) is 0.122. The monoisotopic (exact) mass is 616 g/mol. The number of nitriles is 1. The second kappa shape index (κ2) is 17.8. The van der Waals surface area contributed by atoms with E-state index in [4.69, 9.17) is 21.1 Å². The fourth-order valence-corrected chi connectivity index (χ4v) is 8.02. The molecule has 3 saturated carbocycles. The number of alkyl halides is 1. The molecule has 4 fully saturated rings. The zero-order chi connectivity index (χ0) is 30.5. The number of hydrogen-bond donors (Lipinski definition) is 3. The van der Waals surface area contributed by atoms with E-state index in [0.29, 0.717) is 30.6 Å². The number of carbonyl (C=O) groups excluding carboxylic acids is 1. The maximum Gasteiger partial charge on any atom is 0.220 e. The van der Waals surface area contributed by atoms with Crippen LogP contribution in [0.15, 0.2) is 23.9 Å². The molecule has 43 heavy (non-hydrogen) atoms. The van der Waals surface area contributed by atoms with E-state index in [9.17, 15) is 10.1 Å². The van der Waals surface area contributed by atoms with Gasteiger partial charge in [0.1, 0.15) is 6.07 Å². The van der Waals surface area contributed by atoms with E-state index in [1.807, 2.05) is 19.2 Å². The normalized spacial score (nSPS) is 34.5. The van der Waals surface area contributed by atoms with Crippen molar-refractivity contribution in [2.75, 3.05) is 19.8 Å². The van der Waals surface area contributed by atoms with Gasteiger partial charge in [0.25, 0.3) is 0 Å². The Hall–Kier alpha value is -1.59. The molecule has 1 saturated heterocycles. The number of nitrogens with zero attached hydrogens (tertiary/aromatic N) is 1. The molecule has 0 aromatic carbocycles. The Labute approximate surface area is 265 Å². The molecule has 0 aromatic rings. The first kappa shape index (κ1) is 34.3. The van der Waals surface area contributed by atoms with Gasteiger partial charge in [-0.2, -0.15) is 5.26 Å². The molecule has 7 unspecified atom stereocenters. The Morgan fingerprint density at radius 3 is 2.60 bits per heavy atom. The Morgan fingerprint density at radius 1 is 1.07 bits per heavy atom. The Kier molecular flexibility index (Phi) is 14.2. The number of carbonyl (C=O) groups is 1. The summed E-state index contributed by atoms with van der Waals surface area (Å²) in [4.78, 5) is 12.8. The summed E-state index contributed by atoms with van der Waals surface area (Å²) < 4.78 is 12.4. The molecule has 1 amide bonds. The number of rotatable bonds is 13. The summed E-state index contributed by atoms with van der Waals surface area (Å²) >= 11 is 6.73. The van der Waals surface area contributed by atoms with Crippen molar-refractivity contribution in [3.8, 4) is 6.07 Å². The Bertz CT molecular complexity index is 955. The van der Waals surface area contributed by atoms with E-state index in [0.717, 1.165) is 58.1 Å². The lowest BCUT2D eigenvalue weighted by Gasteiger charge is -2.42. The van der Waals surface area contributed by atoms with Crippen molar-refractivity contribution >= 4 is 17.5 Å². The predicted molar refractivity (Wildman–Crippen MR) is 174 cm³/mol. The van der Waals surface area contributed by atoms with Crippen LogP contribution in [0.2, 0.25) is 0 Å². The molecule has 4 rings (SSSR count). The van der Waals surface area contributed by atoms with Crippen LogP contribution in [0.25, 0.3) is 0 Å². The maximum atomic E-state index is 12.8. The zero-order valence-corrected chi connectivity index (χ0v) is 27.5. The summed E-state index contributed by atoms with van der Waals surface area (Å²) in [5, 5.41) is 20.1. The van der Waals surface area contributed by atoms with Crippen molar-refractivity contribution in [1.29, 1.82) is 5.26 Å². The Balaban J connectivity index is 1.20. The summed E-state index contributed by atoms with van der Waals surface area (Å²) in [7, 11) is 0. The average molecular weight is 617 g/mol. The van der Waals surface area contributed by atoms with Gasteiger partial charge in [0.2, 0.25) is 5.91 Å². The molecule has 0 radical (unpaired) electrons. The molecule has 8 heteroatoms. The van der Waals surface area contributed by atoms with Crippen molar-refractivity contribution < 1.29 is 14.3 Å². The summed E-state index contributed by atoms with van der Waals surface area (Å²) in [6.45, 7) is 6.82. The number of halogens is 1. The third-order valence-corrected chi connectivity index (χ3v) is 10.7. The van der Waals surface area contributed by atoms with Gasteiger partial charge in [0.05, 0.1) is 35.8 Å². The first-order valence-electron chi connectivity index (χ1n) is 17.3. The van der Waals surface area contributed by atoms with Gasteiger partial charge in [-0.15, -0.1) is 11.6 Å². The lowest BCUT2D eigenvalue weighted by Crippen LogP contribution is -2.50. The highest BCUT2D eigenvalue weighted by molar-refractivity contribution is 6.21. The van der Waals surface area contributed by atoms with E-state index in [1.54, 1.807) is 0 Å². The van der Waals surface area contributed by atoms with Gasteiger partial charge in [-0.3, -0.25) is 4.79 Å². The summed E-state index contributed by atoms with van der Waals surface area (Å²) in [6, 6.07) is 3.13. The molecular weight excluding hydrogens is 560 g/mol. The van der Waals surface area contributed by atoms with Gasteiger partial charge in [-0.1, -0.05) is 38.7 Å². The highest BCUT2D eigenvalue weighted by Crippen LogP contribution is 2.41. The van der Waals surface area contributed by atoms with E-state index in [2.05, 4.69) is 35.0 Å². The van der Waals surface area contributed by atoms with Crippen LogP contribution in [0.4, 0.5) is 0 Å². The minimum Gasteiger partial charge on any atom is -0.387 e. The molecule has 7 atom stereocenters. The maximum absolute atomic E-state index is 12.8. The van der Waals surface area contributed by atoms with Crippen molar-refractivity contribution in [2.45, 2.75) is 152 Å². The first-order valence-corrected chi connectivity index (χ1v) is 17.7. The van der Waals surface area contributed by atoms with Crippen LogP contribution >= 0.6 is 11.6 Å². The second-order valence-electron chi connectivity index (χ2n) is 14.0. The van der Waals surface area contributed by atoms with Gasteiger partial charge >= 0.3 is 0 Å². The molecule has 0 bridgehead atoms. The van der Waals surface area contributed by atoms with Gasteiger partial charge in [0.15, 0.2) is 0 Å². The molecule has 1 heterocycles. The minimum absolute atomic E-state index is 0.0188. The molecular formula is C35H57ClN4O3. The van der Waals surface area contributed by atoms with Crippen LogP contribution in [0.1, 0.15) is 117 Å². The van der Waals surface area contributed by atoms with Crippen molar-refractivity contribution in [1.82, 2.24) is 16.0 Å². The van der Waals surface area contributed by atoms with E-state index >= 15 is 0 Å². The van der Waals surface area contributed by atoms with Crippen molar-refractivity contribution in [2.24, 2.45) is 11.3 Å². The van der Waals surface area contributed by atoms with Crippen LogP contribution in [0.3, 0.4) is 0 Å². The molecule has 0 spiro atoms. The number of nitrogens with one attached hydrogen (secondary N) is 3. The van der Waals surface area contributed by atoms with Gasteiger partial charge in [-0.05, 0) is 102 Å². The molecule has 3 N–H and O–H groups in total. The lowest BCUT2D eigenvalue weighted by atomic mass is 9.70. The second-order valence-corrected chi connectivity index (χ2v) is 14.5. The topological polar surface area (TPSA) is 95.4 Å². The van der Waals surface area contributed by atoms with Crippen LogP contribution in [-0.2, 0) is 14.3 Å². The lowest BCUT2D eigenvalue weighted by molar-refractivity contribution is -0.125. The summed E-state index contributed by atoms with van der Waals surface area (Å²) in [5.74, 6) is 0.740. The number of allylic oxidation sites excluding steroid dienone is 3. The first-order chi connectivity index (χ1) is 20.9. The highest BCUT2D eigenvalue weighted by atomic mass is 35.5. The third-order valence-electron chi connectivity index (χ3n) is 10.3. The fourth-order valence-electron chi connectivity index (χ4n) is 7.61. The molecule has 3 aliphatic carbocycles. The minimum atomic E-state index is -0.0188. The number of amides is 1. The van der Waals surface area contributed by atoms with Crippen LogP contribution in [0, 0.1) is 22.7 Å². The molecule has 1 aliphatic heterocycles. The summed E-state index contributed by atoms with van der Waals surface area (Å²) in [5.41, 5.74) is 0.702. The van der Waals surface area contributed by atoms with E-state index in [-0.39, 0.29) is 41.0 Å². The largest absolute Gasteiger partial charge is 0.387 e. The van der Waals surface area contributed by atoms with Gasteiger partial charge in [-0.25, -0.2) is 0 Å². The average Bonchev–Trinajstić information content (AvgIpc) is 3.01. The molecule has 242 valence electrons. The van der Waals surface area contributed by atoms with Crippen LogP contribution in [0.5, 0.6) is 0 Å². The molecule has 4 aliphatic rings. The smallest absolute Gasteiger partial charge is 0.220 e. The van der Waals surface area contributed by atoms with Gasteiger partial charge < -0.3 is 25.4 Å². The standard InChI is InChI=1S/C35H57ClN4O3/c1-3-42-33-22-35(2,18-16-31(33)40-34(41)20-26-10-5-4-6-11-26)17-9-12-27(23-37)24-39-28-14-15-32(30(36)21-28)43-25-29-13-7-8-19-38-29/h9,12,24,26,28-33,38-39H,3-8,10-11,13-22,25H2,1-2H3,(H,40,41)/b12-9-,27-24-.